The van der Waals surface area contributed by atoms with E-state index < -0.39 is 5.66 Å². The normalized spacial score (nSPS) is 22.7. The van der Waals surface area contributed by atoms with Crippen molar-refractivity contribution in [2.75, 3.05) is 18.1 Å². The van der Waals surface area contributed by atoms with Gasteiger partial charge < -0.3 is 15.0 Å². The maximum atomic E-state index is 12.5. The van der Waals surface area contributed by atoms with Gasteiger partial charge >= 0.3 is 0 Å². The van der Waals surface area contributed by atoms with Gasteiger partial charge in [-0.05, 0) is 37.6 Å². The first kappa shape index (κ1) is 18.6. The predicted octanol–water partition coefficient (Wildman–Crippen LogP) is 4.42. The highest BCUT2D eigenvalue weighted by molar-refractivity contribution is 5.85. The third kappa shape index (κ3) is 2.70. The van der Waals surface area contributed by atoms with E-state index in [0.717, 1.165) is 11.3 Å². The quantitative estimate of drug-likeness (QED) is 0.859. The molecule has 4 heteroatoms. The zero-order chi connectivity index (χ0) is 19.9. The lowest BCUT2D eigenvalue weighted by molar-refractivity contribution is -0.124. The van der Waals surface area contributed by atoms with E-state index >= 15 is 0 Å². The molecule has 0 saturated carbocycles. The summed E-state index contributed by atoms with van der Waals surface area (Å²) in [6, 6.07) is 14.6. The Morgan fingerprint density at radius 2 is 2.00 bits per heavy atom. The second-order valence-electron chi connectivity index (χ2n) is 8.17. The van der Waals surface area contributed by atoms with Gasteiger partial charge in [0.05, 0.1) is 6.61 Å². The van der Waals surface area contributed by atoms with Crippen LogP contribution in [0.15, 0.2) is 48.5 Å². The van der Waals surface area contributed by atoms with Crippen LogP contribution in [0.4, 0.5) is 5.69 Å². The van der Waals surface area contributed by atoms with Gasteiger partial charge in [0.25, 0.3) is 0 Å². The molecule has 0 aromatic heterocycles. The number of fused-ring (bicyclic) bond motifs is 3. The molecule has 1 fully saturated rings. The van der Waals surface area contributed by atoms with Crippen molar-refractivity contribution in [3.05, 3.63) is 65.2 Å². The molecule has 2 aromatic carbocycles. The summed E-state index contributed by atoms with van der Waals surface area (Å²) in [7, 11) is 0. The van der Waals surface area contributed by atoms with Gasteiger partial charge in [-0.3, -0.25) is 4.79 Å². The molecule has 28 heavy (non-hydrogen) atoms. The van der Waals surface area contributed by atoms with Gasteiger partial charge in [-0.2, -0.15) is 0 Å². The molecule has 1 amide bonds. The molecular weight excluding hydrogens is 348 g/mol. The largest absolute Gasteiger partial charge is 0.493 e. The van der Waals surface area contributed by atoms with Crippen molar-refractivity contribution in [2.24, 2.45) is 0 Å². The molecule has 4 nitrogen and oxygen atoms in total. The fourth-order valence-corrected chi connectivity index (χ4v) is 4.58. The Morgan fingerprint density at radius 3 is 2.79 bits per heavy atom. The van der Waals surface area contributed by atoms with Gasteiger partial charge in [0.2, 0.25) is 5.91 Å². The zero-order valence-electron chi connectivity index (χ0n) is 17.1. The molecule has 0 spiro atoms. The second kappa shape index (κ2) is 6.69. The molecule has 0 unspecified atom stereocenters. The Kier molecular flexibility index (Phi) is 4.45. The molecule has 2 aromatic rings. The van der Waals surface area contributed by atoms with Crippen LogP contribution in [0, 0.1) is 6.92 Å². The Bertz CT molecular complexity index is 947. The van der Waals surface area contributed by atoms with Gasteiger partial charge in [0, 0.05) is 29.6 Å². The van der Waals surface area contributed by atoms with E-state index in [1.807, 2.05) is 31.2 Å². The number of nitrogens with one attached hydrogen (secondary N) is 1. The fourth-order valence-electron chi connectivity index (χ4n) is 4.58. The summed E-state index contributed by atoms with van der Waals surface area (Å²) in [5.74, 6) is 0.951. The monoisotopic (exact) mass is 376 g/mol. The van der Waals surface area contributed by atoms with Crippen LogP contribution in [-0.2, 0) is 10.2 Å². The van der Waals surface area contributed by atoms with Crippen LogP contribution in [0.2, 0.25) is 0 Å². The lowest BCUT2D eigenvalue weighted by Gasteiger charge is -2.49. The van der Waals surface area contributed by atoms with Gasteiger partial charge in [-0.1, -0.05) is 55.8 Å². The van der Waals surface area contributed by atoms with E-state index in [2.05, 4.69) is 61.3 Å². The Hall–Kier alpha value is -2.75. The van der Waals surface area contributed by atoms with E-state index in [0.29, 0.717) is 19.6 Å². The van der Waals surface area contributed by atoms with E-state index in [9.17, 15) is 4.79 Å². The molecule has 0 radical (unpaired) electrons. The number of aryl methyl sites for hydroxylation is 1. The van der Waals surface area contributed by atoms with Crippen LogP contribution in [0.25, 0.3) is 6.08 Å². The topological polar surface area (TPSA) is 41.6 Å². The first-order valence-corrected chi connectivity index (χ1v) is 10.00. The molecule has 1 N–H and O–H groups in total. The molecule has 4 rings (SSSR count). The number of amides is 1. The summed E-state index contributed by atoms with van der Waals surface area (Å²) < 4.78 is 5.78. The summed E-state index contributed by atoms with van der Waals surface area (Å²) in [6.07, 6.45) is 4.75. The van der Waals surface area contributed by atoms with Crippen molar-refractivity contribution in [2.45, 2.75) is 45.2 Å². The summed E-state index contributed by atoms with van der Waals surface area (Å²) in [5, 5.41) is 3.33. The molecule has 1 saturated heterocycles. The zero-order valence-corrected chi connectivity index (χ0v) is 17.1. The van der Waals surface area contributed by atoms with E-state index in [1.165, 1.54) is 16.8 Å². The number of hydrogen-bond donors (Lipinski definition) is 1. The molecule has 2 aliphatic heterocycles. The number of carbonyl (C=O) groups excluding carboxylic acids is 1. The number of ether oxygens (including phenoxy) is 1. The van der Waals surface area contributed by atoms with E-state index in [-0.39, 0.29) is 11.3 Å². The molecule has 2 heterocycles. The van der Waals surface area contributed by atoms with Crippen molar-refractivity contribution in [3.63, 3.8) is 0 Å². The van der Waals surface area contributed by atoms with Crippen molar-refractivity contribution in [3.8, 4) is 5.75 Å². The highest BCUT2D eigenvalue weighted by atomic mass is 16.5. The third-order valence-corrected chi connectivity index (χ3v) is 6.11. The minimum absolute atomic E-state index is 0.0941. The first-order chi connectivity index (χ1) is 13.4. The van der Waals surface area contributed by atoms with E-state index in [4.69, 9.17) is 4.74 Å². The lowest BCUT2D eigenvalue weighted by atomic mass is 9.74. The third-order valence-electron chi connectivity index (χ3n) is 6.11. The Morgan fingerprint density at radius 1 is 1.21 bits per heavy atom. The number of rotatable bonds is 4. The van der Waals surface area contributed by atoms with Gasteiger partial charge in [-0.15, -0.1) is 0 Å². The highest BCUT2D eigenvalue weighted by Crippen LogP contribution is 2.52. The van der Waals surface area contributed by atoms with Crippen LogP contribution in [0.1, 0.15) is 43.9 Å². The lowest BCUT2D eigenvalue weighted by Crippen LogP contribution is -2.68. The van der Waals surface area contributed by atoms with Crippen LogP contribution in [0.3, 0.4) is 0 Å². The number of hydrogen-bond acceptors (Lipinski definition) is 3. The molecular formula is C24H28N2O2. The summed E-state index contributed by atoms with van der Waals surface area (Å²) in [5.41, 5.74) is 3.86. The number of benzene rings is 2. The number of anilines is 1. The predicted molar refractivity (Wildman–Crippen MR) is 114 cm³/mol. The summed E-state index contributed by atoms with van der Waals surface area (Å²) >= 11 is 0. The number of carbonyl (C=O) groups is 1. The standard InChI is InChI=1S/C24H28N2O2/c1-5-28-21-9-7-6-8-18(21)12-14-24-23(3,4)19-16-17(2)10-11-20(19)26(24)15-13-22(27)25-24/h6-12,14,16H,5,13,15H2,1-4H3,(H,25,27)/b14-12+/t24-/m0/s1. The fraction of sp³-hybridized carbons (Fsp3) is 0.375. The number of nitrogens with zero attached hydrogens (tertiary/aromatic N) is 1. The smallest absolute Gasteiger partial charge is 0.223 e. The SMILES string of the molecule is CCOc1ccccc1/C=C/[C@]12NC(=O)CCN1c1ccc(C)cc1C2(C)C. The van der Waals surface area contributed by atoms with Crippen LogP contribution < -0.4 is 15.0 Å². The Labute approximate surface area is 167 Å². The van der Waals surface area contributed by atoms with Crippen LogP contribution in [0.5, 0.6) is 5.75 Å². The minimum Gasteiger partial charge on any atom is -0.493 e. The molecule has 0 bridgehead atoms. The first-order valence-electron chi connectivity index (χ1n) is 10.00. The van der Waals surface area contributed by atoms with Crippen molar-refractivity contribution in [1.82, 2.24) is 5.32 Å². The van der Waals surface area contributed by atoms with Gasteiger partial charge in [0.1, 0.15) is 11.4 Å². The van der Waals surface area contributed by atoms with Crippen molar-refractivity contribution < 1.29 is 9.53 Å². The summed E-state index contributed by atoms with van der Waals surface area (Å²) in [4.78, 5) is 14.9. The number of para-hydroxylation sites is 1. The van der Waals surface area contributed by atoms with Gasteiger partial charge in [0.15, 0.2) is 0 Å². The maximum absolute atomic E-state index is 12.5. The highest BCUT2D eigenvalue weighted by Gasteiger charge is 2.57. The second-order valence-corrected chi connectivity index (χ2v) is 8.17. The van der Waals surface area contributed by atoms with E-state index in [1.54, 1.807) is 0 Å². The van der Waals surface area contributed by atoms with Gasteiger partial charge in [-0.25, -0.2) is 0 Å². The Balaban J connectivity index is 1.84. The average Bonchev–Trinajstić information content (AvgIpc) is 2.85. The molecule has 1 atom stereocenters. The molecule has 146 valence electrons. The van der Waals surface area contributed by atoms with Crippen LogP contribution >= 0.6 is 0 Å². The summed E-state index contributed by atoms with van der Waals surface area (Å²) in [6.45, 7) is 9.87. The minimum atomic E-state index is -0.599. The van der Waals surface area contributed by atoms with Crippen LogP contribution in [-0.4, -0.2) is 24.7 Å². The molecule has 2 aliphatic rings. The van der Waals surface area contributed by atoms with Crippen molar-refractivity contribution in [1.29, 1.82) is 0 Å². The molecule has 0 aliphatic carbocycles. The maximum Gasteiger partial charge on any atom is 0.223 e. The van der Waals surface area contributed by atoms with Crippen molar-refractivity contribution >= 4 is 17.7 Å². The average molecular weight is 377 g/mol.